The molecule has 18 heavy (non-hydrogen) atoms. The standard InChI is InChI=1S/C16H19NS/c1-2-11-4-3-5-13(10-11)14-8-9-15(18-14)16(17)12-6-7-12/h3-5,8-10,12,16H,2,6-7,17H2,1H3. The summed E-state index contributed by atoms with van der Waals surface area (Å²) in [5.41, 5.74) is 8.98. The number of hydrogen-bond acceptors (Lipinski definition) is 2. The first-order chi connectivity index (χ1) is 8.78. The van der Waals surface area contributed by atoms with E-state index in [9.17, 15) is 0 Å². The fourth-order valence-corrected chi connectivity index (χ4v) is 3.42. The highest BCUT2D eigenvalue weighted by atomic mass is 32.1. The van der Waals surface area contributed by atoms with E-state index in [0.29, 0.717) is 0 Å². The van der Waals surface area contributed by atoms with Crippen molar-refractivity contribution in [1.82, 2.24) is 0 Å². The second-order valence-electron chi connectivity index (χ2n) is 5.12. The molecule has 2 N–H and O–H groups in total. The zero-order chi connectivity index (χ0) is 12.5. The topological polar surface area (TPSA) is 26.0 Å². The van der Waals surface area contributed by atoms with Crippen molar-refractivity contribution in [2.24, 2.45) is 11.7 Å². The van der Waals surface area contributed by atoms with Crippen molar-refractivity contribution in [2.45, 2.75) is 32.2 Å². The molecule has 0 saturated heterocycles. The summed E-state index contributed by atoms with van der Waals surface area (Å²) in [4.78, 5) is 2.69. The minimum absolute atomic E-state index is 0.262. The maximum atomic E-state index is 6.26. The molecule has 1 atom stereocenters. The third-order valence-corrected chi connectivity index (χ3v) is 4.94. The Bertz CT molecular complexity index is 540. The van der Waals surface area contributed by atoms with Gasteiger partial charge in [-0.1, -0.05) is 31.2 Å². The van der Waals surface area contributed by atoms with E-state index in [-0.39, 0.29) is 6.04 Å². The normalized spacial score (nSPS) is 16.8. The number of rotatable bonds is 4. The molecular formula is C16H19NS. The summed E-state index contributed by atoms with van der Waals surface area (Å²) in [5.74, 6) is 0.735. The second kappa shape index (κ2) is 4.87. The highest BCUT2D eigenvalue weighted by Gasteiger charge is 2.30. The monoisotopic (exact) mass is 257 g/mol. The van der Waals surface area contributed by atoms with Gasteiger partial charge in [-0.2, -0.15) is 0 Å². The molecule has 3 rings (SSSR count). The van der Waals surface area contributed by atoms with Crippen LogP contribution in [-0.4, -0.2) is 0 Å². The Morgan fingerprint density at radius 3 is 2.83 bits per heavy atom. The lowest BCUT2D eigenvalue weighted by atomic mass is 10.1. The molecule has 2 aromatic rings. The van der Waals surface area contributed by atoms with Crippen molar-refractivity contribution < 1.29 is 0 Å². The molecule has 0 aliphatic heterocycles. The summed E-state index contributed by atoms with van der Waals surface area (Å²) in [6.07, 6.45) is 3.70. The van der Waals surface area contributed by atoms with Crippen LogP contribution in [0.4, 0.5) is 0 Å². The zero-order valence-electron chi connectivity index (χ0n) is 10.7. The summed E-state index contributed by atoms with van der Waals surface area (Å²) in [6, 6.07) is 13.5. The number of nitrogens with two attached hydrogens (primary N) is 1. The van der Waals surface area contributed by atoms with Gasteiger partial charge in [-0.25, -0.2) is 0 Å². The van der Waals surface area contributed by atoms with E-state index in [1.807, 2.05) is 11.3 Å². The van der Waals surface area contributed by atoms with Gasteiger partial charge in [-0.3, -0.25) is 0 Å². The minimum Gasteiger partial charge on any atom is -0.323 e. The van der Waals surface area contributed by atoms with Crippen LogP contribution in [0.1, 0.15) is 36.2 Å². The van der Waals surface area contributed by atoms with Gasteiger partial charge in [0, 0.05) is 15.8 Å². The summed E-state index contributed by atoms with van der Waals surface area (Å²) >= 11 is 1.86. The molecule has 0 spiro atoms. The summed E-state index contributed by atoms with van der Waals surface area (Å²) in [6.45, 7) is 2.20. The molecule has 2 heteroatoms. The van der Waals surface area contributed by atoms with Crippen LogP contribution >= 0.6 is 11.3 Å². The van der Waals surface area contributed by atoms with Crippen LogP contribution in [0.25, 0.3) is 10.4 Å². The third kappa shape index (κ3) is 2.36. The first kappa shape index (κ1) is 11.9. The largest absolute Gasteiger partial charge is 0.323 e. The Morgan fingerprint density at radius 1 is 1.28 bits per heavy atom. The van der Waals surface area contributed by atoms with Gasteiger partial charge >= 0.3 is 0 Å². The number of thiophene rings is 1. The van der Waals surface area contributed by atoms with Crippen LogP contribution in [-0.2, 0) is 6.42 Å². The van der Waals surface area contributed by atoms with Crippen molar-refractivity contribution in [2.75, 3.05) is 0 Å². The molecule has 1 unspecified atom stereocenters. The summed E-state index contributed by atoms with van der Waals surface area (Å²) in [7, 11) is 0. The van der Waals surface area contributed by atoms with E-state index < -0.39 is 0 Å². The van der Waals surface area contributed by atoms with Crippen molar-refractivity contribution in [3.8, 4) is 10.4 Å². The number of hydrogen-bond donors (Lipinski definition) is 1. The highest BCUT2D eigenvalue weighted by molar-refractivity contribution is 7.15. The molecule has 1 aromatic carbocycles. The Hall–Kier alpha value is -1.12. The minimum atomic E-state index is 0.262. The molecule has 1 saturated carbocycles. The maximum absolute atomic E-state index is 6.26. The number of aryl methyl sites for hydroxylation is 1. The maximum Gasteiger partial charge on any atom is 0.0418 e. The Morgan fingerprint density at radius 2 is 2.11 bits per heavy atom. The van der Waals surface area contributed by atoms with E-state index in [1.54, 1.807) is 0 Å². The van der Waals surface area contributed by atoms with E-state index in [4.69, 9.17) is 5.73 Å². The van der Waals surface area contributed by atoms with Gasteiger partial charge in [0.1, 0.15) is 0 Å². The molecule has 0 amide bonds. The fraction of sp³-hybridized carbons (Fsp3) is 0.375. The van der Waals surface area contributed by atoms with Gasteiger partial charge in [0.15, 0.2) is 0 Å². The van der Waals surface area contributed by atoms with Crippen molar-refractivity contribution in [1.29, 1.82) is 0 Å². The molecule has 1 aromatic heterocycles. The van der Waals surface area contributed by atoms with E-state index in [0.717, 1.165) is 12.3 Å². The molecule has 1 aliphatic rings. The lowest BCUT2D eigenvalue weighted by Gasteiger charge is -2.06. The van der Waals surface area contributed by atoms with Gasteiger partial charge < -0.3 is 5.73 Å². The average molecular weight is 257 g/mol. The first-order valence-corrected chi connectivity index (χ1v) is 7.54. The van der Waals surface area contributed by atoms with Crippen molar-refractivity contribution in [3.63, 3.8) is 0 Å². The van der Waals surface area contributed by atoms with Gasteiger partial charge in [-0.15, -0.1) is 11.3 Å². The number of benzene rings is 1. The molecule has 1 heterocycles. The molecule has 0 radical (unpaired) electrons. The van der Waals surface area contributed by atoms with Crippen LogP contribution in [0.15, 0.2) is 36.4 Å². The Balaban J connectivity index is 1.87. The van der Waals surface area contributed by atoms with Crippen molar-refractivity contribution in [3.05, 3.63) is 46.8 Å². The van der Waals surface area contributed by atoms with E-state index in [1.165, 1.54) is 33.7 Å². The molecule has 1 aliphatic carbocycles. The highest BCUT2D eigenvalue weighted by Crippen LogP contribution is 2.42. The van der Waals surface area contributed by atoms with Gasteiger partial charge in [0.05, 0.1) is 0 Å². The Labute approximate surface area is 113 Å². The van der Waals surface area contributed by atoms with Crippen molar-refractivity contribution >= 4 is 11.3 Å². The van der Waals surface area contributed by atoms with E-state index >= 15 is 0 Å². The predicted molar refractivity (Wildman–Crippen MR) is 78.8 cm³/mol. The smallest absolute Gasteiger partial charge is 0.0418 e. The van der Waals surface area contributed by atoms with Crippen LogP contribution in [0.3, 0.4) is 0 Å². The predicted octanol–water partition coefficient (Wildman–Crippen LogP) is 4.39. The first-order valence-electron chi connectivity index (χ1n) is 6.72. The van der Waals surface area contributed by atoms with Gasteiger partial charge in [0.2, 0.25) is 0 Å². The van der Waals surface area contributed by atoms with Gasteiger partial charge in [0.25, 0.3) is 0 Å². The molecule has 94 valence electrons. The van der Waals surface area contributed by atoms with E-state index in [2.05, 4.69) is 43.3 Å². The summed E-state index contributed by atoms with van der Waals surface area (Å²) in [5, 5.41) is 0. The lowest BCUT2D eigenvalue weighted by molar-refractivity contribution is 0.645. The quantitative estimate of drug-likeness (QED) is 0.864. The zero-order valence-corrected chi connectivity index (χ0v) is 11.5. The van der Waals surface area contributed by atoms with Crippen LogP contribution in [0.2, 0.25) is 0 Å². The van der Waals surface area contributed by atoms with Crippen LogP contribution in [0, 0.1) is 5.92 Å². The SMILES string of the molecule is CCc1cccc(-c2ccc(C(N)C3CC3)s2)c1. The molecule has 1 fully saturated rings. The average Bonchev–Trinajstić information content (AvgIpc) is 3.15. The van der Waals surface area contributed by atoms with Crippen LogP contribution in [0.5, 0.6) is 0 Å². The summed E-state index contributed by atoms with van der Waals surface area (Å²) < 4.78 is 0. The Kier molecular flexibility index (Phi) is 3.23. The molecular weight excluding hydrogens is 238 g/mol. The lowest BCUT2D eigenvalue weighted by Crippen LogP contribution is -2.10. The molecule has 1 nitrogen and oxygen atoms in total. The van der Waals surface area contributed by atoms with Gasteiger partial charge in [-0.05, 0) is 48.4 Å². The molecule has 0 bridgehead atoms. The second-order valence-corrected chi connectivity index (χ2v) is 6.23. The van der Waals surface area contributed by atoms with Crippen LogP contribution < -0.4 is 5.73 Å². The third-order valence-electron chi connectivity index (χ3n) is 3.70. The fourth-order valence-electron chi connectivity index (χ4n) is 2.32.